The number of carbonyl (C=O) groups excluding carboxylic acids is 3. The molecule has 4 aliphatic heterocycles. The molecule has 0 saturated carbocycles. The summed E-state index contributed by atoms with van der Waals surface area (Å²) < 4.78 is 6.88. The van der Waals surface area contributed by atoms with Crippen LogP contribution in [0.4, 0.5) is 11.4 Å². The van der Waals surface area contributed by atoms with Crippen molar-refractivity contribution in [3.05, 3.63) is 84.0 Å². The Hall–Kier alpha value is -3.75. The summed E-state index contributed by atoms with van der Waals surface area (Å²) in [5.74, 6) is -2.45. The number of aliphatic hydroxyl groups excluding tert-OH is 1. The zero-order chi connectivity index (χ0) is 28.2. The van der Waals surface area contributed by atoms with Crippen LogP contribution in [-0.2, 0) is 19.1 Å². The fraction of sp³-hybridized carbons (Fsp3) is 0.406. The molecule has 208 valence electrons. The molecule has 0 aromatic heterocycles. The van der Waals surface area contributed by atoms with Crippen LogP contribution in [0.15, 0.2) is 72.8 Å². The minimum atomic E-state index is -1.32. The Kier molecular flexibility index (Phi) is 6.43. The number of amides is 3. The first-order valence-electron chi connectivity index (χ1n) is 13.9. The van der Waals surface area contributed by atoms with Crippen LogP contribution >= 0.6 is 0 Å². The van der Waals surface area contributed by atoms with Gasteiger partial charge < -0.3 is 24.5 Å². The summed E-state index contributed by atoms with van der Waals surface area (Å²) in [6.45, 7) is 6.55. The predicted molar refractivity (Wildman–Crippen MR) is 152 cm³/mol. The highest BCUT2D eigenvalue weighted by molar-refractivity contribution is 6.07. The highest BCUT2D eigenvalue weighted by atomic mass is 16.5. The Balaban J connectivity index is 1.48. The van der Waals surface area contributed by atoms with Gasteiger partial charge in [-0.25, -0.2) is 0 Å². The van der Waals surface area contributed by atoms with Crippen LogP contribution in [0, 0.1) is 25.7 Å². The van der Waals surface area contributed by atoms with Crippen molar-refractivity contribution in [3.8, 4) is 0 Å². The van der Waals surface area contributed by atoms with Gasteiger partial charge in [-0.2, -0.15) is 0 Å². The number of carbonyl (C=O) groups is 3. The number of nitrogens with zero attached hydrogens (tertiary/aromatic N) is 3. The molecule has 2 aromatic carbocycles. The molecule has 4 aliphatic rings. The number of hydrogen-bond acceptors (Lipinski definition) is 5. The molecule has 0 radical (unpaired) electrons. The lowest BCUT2D eigenvalue weighted by molar-refractivity contribution is -0.144. The number of aryl methyl sites for hydroxylation is 2. The molecular formula is C32H35N3O5. The van der Waals surface area contributed by atoms with E-state index in [0.29, 0.717) is 19.5 Å². The van der Waals surface area contributed by atoms with Gasteiger partial charge in [0.1, 0.15) is 11.6 Å². The van der Waals surface area contributed by atoms with E-state index in [2.05, 4.69) is 0 Å². The van der Waals surface area contributed by atoms with E-state index in [9.17, 15) is 19.5 Å². The molecule has 0 bridgehead atoms. The van der Waals surface area contributed by atoms with E-state index in [1.807, 2.05) is 93.6 Å². The molecule has 1 N–H and O–H groups in total. The average Bonchev–Trinajstić information content (AvgIpc) is 3.20. The third-order valence-corrected chi connectivity index (χ3v) is 8.84. The minimum Gasteiger partial charge on any atom is -0.396 e. The maximum Gasteiger partial charge on any atom is 0.253 e. The Morgan fingerprint density at radius 2 is 1.62 bits per heavy atom. The van der Waals surface area contributed by atoms with Gasteiger partial charge in [-0.1, -0.05) is 54.6 Å². The first-order valence-corrected chi connectivity index (χ1v) is 13.9. The molecule has 1 spiro atoms. The maximum atomic E-state index is 14.5. The van der Waals surface area contributed by atoms with E-state index >= 15 is 0 Å². The number of likely N-dealkylation sites (tertiary alicyclic amines) is 1. The predicted octanol–water partition coefficient (Wildman–Crippen LogP) is 3.16. The van der Waals surface area contributed by atoms with Crippen molar-refractivity contribution in [2.24, 2.45) is 11.8 Å². The van der Waals surface area contributed by atoms with Gasteiger partial charge >= 0.3 is 0 Å². The van der Waals surface area contributed by atoms with Gasteiger partial charge in [0.15, 0.2) is 0 Å². The summed E-state index contributed by atoms with van der Waals surface area (Å²) in [7, 11) is 0. The second-order valence-electron chi connectivity index (χ2n) is 11.4. The number of para-hydroxylation sites is 1. The molecular weight excluding hydrogens is 506 g/mol. The van der Waals surface area contributed by atoms with Crippen molar-refractivity contribution in [2.45, 2.75) is 44.4 Å². The Bertz CT molecular complexity index is 1420. The molecule has 3 amide bonds. The van der Waals surface area contributed by atoms with Gasteiger partial charge in [-0.3, -0.25) is 14.4 Å². The van der Waals surface area contributed by atoms with Crippen LogP contribution in [0.3, 0.4) is 0 Å². The summed E-state index contributed by atoms with van der Waals surface area (Å²) in [6.07, 6.45) is 7.87. The smallest absolute Gasteiger partial charge is 0.253 e. The van der Waals surface area contributed by atoms with Crippen LogP contribution in [0.2, 0.25) is 0 Å². The van der Waals surface area contributed by atoms with Crippen LogP contribution < -0.4 is 9.80 Å². The van der Waals surface area contributed by atoms with Gasteiger partial charge in [0.05, 0.1) is 17.4 Å². The van der Waals surface area contributed by atoms with E-state index in [1.54, 1.807) is 14.7 Å². The average molecular weight is 542 g/mol. The third kappa shape index (κ3) is 3.84. The molecule has 8 heteroatoms. The second kappa shape index (κ2) is 9.71. The van der Waals surface area contributed by atoms with Crippen LogP contribution in [0.1, 0.15) is 24.5 Å². The fourth-order valence-corrected chi connectivity index (χ4v) is 7.07. The van der Waals surface area contributed by atoms with E-state index in [0.717, 1.165) is 22.5 Å². The molecule has 8 nitrogen and oxygen atoms in total. The molecule has 40 heavy (non-hydrogen) atoms. The second-order valence-corrected chi connectivity index (χ2v) is 11.4. The van der Waals surface area contributed by atoms with Gasteiger partial charge in [0, 0.05) is 37.6 Å². The largest absolute Gasteiger partial charge is 0.396 e. The Labute approximate surface area is 234 Å². The topological polar surface area (TPSA) is 90.4 Å². The maximum absolute atomic E-state index is 14.5. The van der Waals surface area contributed by atoms with Crippen molar-refractivity contribution in [1.29, 1.82) is 0 Å². The normalized spacial score (nSPS) is 31.2. The zero-order valence-electron chi connectivity index (χ0n) is 23.1. The Morgan fingerprint density at radius 3 is 2.38 bits per heavy atom. The molecule has 0 aliphatic carbocycles. The lowest BCUT2D eigenvalue weighted by Crippen LogP contribution is -2.56. The molecule has 1 unspecified atom stereocenters. The molecule has 4 heterocycles. The quantitative estimate of drug-likeness (QED) is 0.588. The third-order valence-electron chi connectivity index (χ3n) is 8.84. The van der Waals surface area contributed by atoms with E-state index < -0.39 is 29.1 Å². The minimum absolute atomic E-state index is 0.121. The first-order chi connectivity index (χ1) is 19.2. The van der Waals surface area contributed by atoms with E-state index in [1.165, 1.54) is 0 Å². The number of aliphatic hydroxyl groups is 1. The number of ether oxygens (including phenoxy) is 1. The van der Waals surface area contributed by atoms with Gasteiger partial charge in [-0.05, 0) is 56.5 Å². The summed E-state index contributed by atoms with van der Waals surface area (Å²) >= 11 is 0. The molecule has 2 fully saturated rings. The SMILES string of the molecule is Cc1ccc(C)c(N2CC=C[C@]34O[C@@]5(C)C=CCN(c6ccccc6)C(=O)[C@H]5[C@H]3C(=O)N(CCCO)C4C2=O)c1. The highest BCUT2D eigenvalue weighted by Crippen LogP contribution is 2.57. The van der Waals surface area contributed by atoms with Crippen molar-refractivity contribution in [3.63, 3.8) is 0 Å². The highest BCUT2D eigenvalue weighted by Gasteiger charge is 2.74. The lowest BCUT2D eigenvalue weighted by Gasteiger charge is -2.37. The van der Waals surface area contributed by atoms with Gasteiger partial charge in [0.2, 0.25) is 11.8 Å². The first kappa shape index (κ1) is 26.5. The van der Waals surface area contributed by atoms with Crippen molar-refractivity contribution >= 4 is 29.1 Å². The van der Waals surface area contributed by atoms with Gasteiger partial charge in [-0.15, -0.1) is 0 Å². The monoisotopic (exact) mass is 541 g/mol. The van der Waals surface area contributed by atoms with E-state index in [-0.39, 0.29) is 30.9 Å². The van der Waals surface area contributed by atoms with Crippen LogP contribution in [-0.4, -0.2) is 71.2 Å². The standard InChI is InChI=1S/C32H35N3O5/c1-21-12-13-22(2)24(20-21)34-17-8-15-32-26(29(38)35(18-9-19-36)27(32)30(34)39)25-28(37)33(23-10-5-4-6-11-23)16-7-14-31(25,3)40-32/h4-8,10-15,20,25-27,36H,9,16-19H2,1-3H3/t25-,26+,27?,31+,32+/m1/s1. The number of fused-ring (bicyclic) bond motifs is 2. The summed E-state index contributed by atoms with van der Waals surface area (Å²) in [4.78, 5) is 48.1. The summed E-state index contributed by atoms with van der Waals surface area (Å²) in [5.41, 5.74) is 1.10. The van der Waals surface area contributed by atoms with E-state index in [4.69, 9.17) is 4.74 Å². The number of hydrogen-bond donors (Lipinski definition) is 1. The number of anilines is 2. The Morgan fingerprint density at radius 1 is 0.900 bits per heavy atom. The summed E-state index contributed by atoms with van der Waals surface area (Å²) in [6, 6.07) is 14.4. The number of rotatable bonds is 5. The van der Waals surface area contributed by atoms with Crippen molar-refractivity contribution in [2.75, 3.05) is 36.0 Å². The van der Waals surface area contributed by atoms with Crippen LogP contribution in [0.5, 0.6) is 0 Å². The molecule has 2 aromatic rings. The van der Waals surface area contributed by atoms with Crippen molar-refractivity contribution < 1.29 is 24.2 Å². The van der Waals surface area contributed by atoms with Crippen molar-refractivity contribution in [1.82, 2.24) is 4.90 Å². The number of benzene rings is 2. The van der Waals surface area contributed by atoms with Crippen LogP contribution in [0.25, 0.3) is 0 Å². The molecule has 6 rings (SSSR count). The lowest BCUT2D eigenvalue weighted by atomic mass is 9.74. The molecule has 2 saturated heterocycles. The summed E-state index contributed by atoms with van der Waals surface area (Å²) in [5, 5.41) is 9.65. The van der Waals surface area contributed by atoms with Gasteiger partial charge in [0.25, 0.3) is 5.91 Å². The molecule has 5 atom stereocenters. The zero-order valence-corrected chi connectivity index (χ0v) is 23.1. The fourth-order valence-electron chi connectivity index (χ4n) is 7.07.